The summed E-state index contributed by atoms with van der Waals surface area (Å²) in [7, 11) is 0. The smallest absolute Gasteiger partial charge is 0.316 e. The number of piperazine rings is 1. The molecule has 1 fully saturated rings. The van der Waals surface area contributed by atoms with Gasteiger partial charge in [-0.25, -0.2) is 0 Å². The van der Waals surface area contributed by atoms with Crippen LogP contribution in [0.5, 0.6) is 5.75 Å². The van der Waals surface area contributed by atoms with Gasteiger partial charge in [-0.3, -0.25) is 9.69 Å². The van der Waals surface area contributed by atoms with Crippen LogP contribution in [0.4, 0.5) is 5.82 Å². The van der Waals surface area contributed by atoms with Gasteiger partial charge in [0, 0.05) is 11.6 Å². The number of aryl methyl sites for hydroxylation is 2. The van der Waals surface area contributed by atoms with E-state index < -0.39 is 0 Å². The van der Waals surface area contributed by atoms with Crippen LogP contribution in [0.25, 0.3) is 0 Å². The van der Waals surface area contributed by atoms with Crippen molar-refractivity contribution in [2.45, 2.75) is 20.5 Å². The van der Waals surface area contributed by atoms with Crippen LogP contribution in [0.2, 0.25) is 0 Å². The average molecular weight is 409 g/mol. The highest BCUT2D eigenvalue weighted by Gasteiger charge is 2.28. The first-order chi connectivity index (χ1) is 14.5. The van der Waals surface area contributed by atoms with Gasteiger partial charge < -0.3 is 19.4 Å². The van der Waals surface area contributed by atoms with E-state index in [1.54, 1.807) is 36.5 Å². The topological polar surface area (TPSA) is 82.9 Å². The number of aromatic nitrogens is 2. The van der Waals surface area contributed by atoms with Gasteiger partial charge in [0.2, 0.25) is 0 Å². The highest BCUT2D eigenvalue weighted by atomic mass is 16.5. The van der Waals surface area contributed by atoms with Crippen LogP contribution in [-0.4, -0.2) is 47.4 Å². The van der Waals surface area contributed by atoms with E-state index in [4.69, 9.17) is 9.26 Å². The number of benzene rings is 1. The number of ether oxygens (including phenoxy) is 1. The fraction of sp³-hybridized carbons (Fsp3) is 0.318. The van der Waals surface area contributed by atoms with Gasteiger partial charge in [-0.1, -0.05) is 16.0 Å². The summed E-state index contributed by atoms with van der Waals surface area (Å²) in [5.41, 5.74) is 2.39. The molecule has 0 radical (unpaired) electrons. The number of pyridine rings is 1. The SMILES string of the molecule is Cc1noc(C)c1COc1ccc(C(=O)N2CCN(c3cccc[n+]3O)CC2)cc1. The average Bonchev–Trinajstić information content (AvgIpc) is 3.10. The molecule has 3 aromatic rings. The lowest BCUT2D eigenvalue weighted by molar-refractivity contribution is -0.894. The molecule has 1 aliphatic heterocycles. The molecule has 2 aromatic heterocycles. The van der Waals surface area contributed by atoms with E-state index in [1.807, 2.05) is 30.9 Å². The molecule has 3 heterocycles. The van der Waals surface area contributed by atoms with Crippen LogP contribution in [0.1, 0.15) is 27.4 Å². The van der Waals surface area contributed by atoms with Gasteiger partial charge in [-0.05, 0) is 44.2 Å². The van der Waals surface area contributed by atoms with Crippen molar-refractivity contribution in [2.75, 3.05) is 31.1 Å². The van der Waals surface area contributed by atoms with Gasteiger partial charge in [0.15, 0.2) is 0 Å². The maximum absolute atomic E-state index is 12.8. The number of carbonyl (C=O) groups excluding carboxylic acids is 1. The van der Waals surface area contributed by atoms with Gasteiger partial charge in [-0.15, -0.1) is 0 Å². The number of hydrogen-bond donors (Lipinski definition) is 1. The van der Waals surface area contributed by atoms with Crippen molar-refractivity contribution in [3.63, 3.8) is 0 Å². The lowest BCUT2D eigenvalue weighted by atomic mass is 10.1. The summed E-state index contributed by atoms with van der Waals surface area (Å²) in [6.07, 6.45) is 1.60. The van der Waals surface area contributed by atoms with Crippen molar-refractivity contribution in [1.29, 1.82) is 0 Å². The molecule has 30 heavy (non-hydrogen) atoms. The van der Waals surface area contributed by atoms with Crippen LogP contribution in [0, 0.1) is 13.8 Å². The largest absolute Gasteiger partial charge is 0.489 e. The molecule has 4 rings (SSSR count). The molecule has 1 aliphatic rings. The fourth-order valence-corrected chi connectivity index (χ4v) is 3.55. The van der Waals surface area contributed by atoms with Crippen LogP contribution in [0.3, 0.4) is 0 Å². The second-order valence-corrected chi connectivity index (χ2v) is 7.30. The van der Waals surface area contributed by atoms with Crippen molar-refractivity contribution in [3.05, 3.63) is 71.2 Å². The molecule has 0 bridgehead atoms. The number of nitrogens with zero attached hydrogens (tertiary/aromatic N) is 4. The molecule has 8 nitrogen and oxygen atoms in total. The van der Waals surface area contributed by atoms with Crippen LogP contribution >= 0.6 is 0 Å². The number of anilines is 1. The lowest BCUT2D eigenvalue weighted by Crippen LogP contribution is -2.52. The Morgan fingerprint density at radius 3 is 2.50 bits per heavy atom. The molecule has 1 N–H and O–H groups in total. The van der Waals surface area contributed by atoms with Crippen molar-refractivity contribution in [1.82, 2.24) is 10.1 Å². The Hall–Kier alpha value is -3.55. The maximum atomic E-state index is 12.8. The van der Waals surface area contributed by atoms with E-state index in [0.717, 1.165) is 27.6 Å². The van der Waals surface area contributed by atoms with Crippen molar-refractivity contribution < 1.29 is 24.0 Å². The molecule has 8 heteroatoms. The number of carbonyl (C=O) groups is 1. The number of amides is 1. The zero-order valence-electron chi connectivity index (χ0n) is 17.1. The Labute approximate surface area is 174 Å². The van der Waals surface area contributed by atoms with E-state index in [1.165, 1.54) is 0 Å². The molecular weight excluding hydrogens is 384 g/mol. The van der Waals surface area contributed by atoms with E-state index in [0.29, 0.717) is 44.1 Å². The third-order valence-electron chi connectivity index (χ3n) is 5.37. The maximum Gasteiger partial charge on any atom is 0.316 e. The van der Waals surface area contributed by atoms with Crippen molar-refractivity contribution in [2.24, 2.45) is 0 Å². The van der Waals surface area contributed by atoms with E-state index in [9.17, 15) is 10.0 Å². The zero-order valence-corrected chi connectivity index (χ0v) is 17.1. The number of rotatable bonds is 5. The summed E-state index contributed by atoms with van der Waals surface area (Å²) in [4.78, 5) is 16.7. The Balaban J connectivity index is 1.33. The second-order valence-electron chi connectivity index (χ2n) is 7.30. The van der Waals surface area contributed by atoms with E-state index in [2.05, 4.69) is 10.1 Å². The Bertz CT molecular complexity index is 1000. The highest BCUT2D eigenvalue weighted by Crippen LogP contribution is 2.19. The molecule has 1 amide bonds. The summed E-state index contributed by atoms with van der Waals surface area (Å²) < 4.78 is 12.1. The molecule has 0 spiro atoms. The molecule has 0 aliphatic carbocycles. The molecule has 0 atom stereocenters. The fourth-order valence-electron chi connectivity index (χ4n) is 3.55. The van der Waals surface area contributed by atoms with Gasteiger partial charge in [-0.2, -0.15) is 0 Å². The molecule has 156 valence electrons. The molecule has 1 saturated heterocycles. The third kappa shape index (κ3) is 4.07. The van der Waals surface area contributed by atoms with Gasteiger partial charge in [0.25, 0.3) is 5.91 Å². The first-order valence-corrected chi connectivity index (χ1v) is 9.91. The lowest BCUT2D eigenvalue weighted by Gasteiger charge is -2.31. The first kappa shape index (κ1) is 19.8. The van der Waals surface area contributed by atoms with Crippen LogP contribution in [-0.2, 0) is 6.61 Å². The van der Waals surface area contributed by atoms with E-state index in [-0.39, 0.29) is 5.91 Å². The number of hydrogen-bond acceptors (Lipinski definition) is 6. The summed E-state index contributed by atoms with van der Waals surface area (Å²) in [5.74, 6) is 2.16. The van der Waals surface area contributed by atoms with Crippen LogP contribution < -0.4 is 14.4 Å². The molecular formula is C22H25N4O4+. The van der Waals surface area contributed by atoms with Crippen LogP contribution in [0.15, 0.2) is 53.2 Å². The van der Waals surface area contributed by atoms with Gasteiger partial charge in [0.1, 0.15) is 37.4 Å². The minimum atomic E-state index is -0.00291. The van der Waals surface area contributed by atoms with Gasteiger partial charge >= 0.3 is 5.82 Å². The summed E-state index contributed by atoms with van der Waals surface area (Å²) >= 11 is 0. The second kappa shape index (κ2) is 8.44. The summed E-state index contributed by atoms with van der Waals surface area (Å²) in [6, 6.07) is 12.7. The first-order valence-electron chi connectivity index (χ1n) is 9.91. The third-order valence-corrected chi connectivity index (χ3v) is 5.37. The zero-order chi connectivity index (χ0) is 21.1. The summed E-state index contributed by atoms with van der Waals surface area (Å²) in [6.45, 7) is 6.63. The molecule has 1 aromatic carbocycles. The van der Waals surface area contributed by atoms with Gasteiger partial charge in [0.05, 0.1) is 24.3 Å². The predicted molar refractivity (Wildman–Crippen MR) is 109 cm³/mol. The quantitative estimate of drug-likeness (QED) is 0.515. The Morgan fingerprint density at radius 2 is 1.87 bits per heavy atom. The standard InChI is InChI=1S/C22H25N4O4/c1-16-20(17(2)30-23-16)15-29-19-8-6-18(7-9-19)22(27)25-13-11-24(12-14-25)21-5-3-4-10-26(21)28/h3-10,28H,11-15H2,1-2H3/q+1. The predicted octanol–water partition coefficient (Wildman–Crippen LogP) is 2.36. The summed E-state index contributed by atoms with van der Waals surface area (Å²) in [5, 5.41) is 13.9. The minimum Gasteiger partial charge on any atom is -0.489 e. The monoisotopic (exact) mass is 409 g/mol. The Kier molecular flexibility index (Phi) is 5.56. The van der Waals surface area contributed by atoms with E-state index >= 15 is 0 Å². The van der Waals surface area contributed by atoms with Crippen molar-refractivity contribution >= 4 is 11.7 Å². The minimum absolute atomic E-state index is 0.00291. The molecule has 0 saturated carbocycles. The van der Waals surface area contributed by atoms with Crippen molar-refractivity contribution in [3.8, 4) is 5.75 Å². The normalized spacial score (nSPS) is 14.1. The molecule has 0 unspecified atom stereocenters. The highest BCUT2D eigenvalue weighted by molar-refractivity contribution is 5.94. The Morgan fingerprint density at radius 1 is 1.13 bits per heavy atom.